The van der Waals surface area contributed by atoms with Gasteiger partial charge in [0.05, 0.1) is 4.91 Å². The van der Waals surface area contributed by atoms with E-state index in [0.717, 1.165) is 22.6 Å². The van der Waals surface area contributed by atoms with Gasteiger partial charge in [-0.25, -0.2) is 4.98 Å². The van der Waals surface area contributed by atoms with Crippen LogP contribution in [0.1, 0.15) is 5.69 Å². The number of hydrogen-bond acceptors (Lipinski definition) is 5. The Morgan fingerprint density at radius 1 is 1.39 bits per heavy atom. The lowest BCUT2D eigenvalue weighted by Crippen LogP contribution is -2.17. The monoisotopic (exact) mass is 277 g/mol. The van der Waals surface area contributed by atoms with Crippen LogP contribution < -0.4 is 5.32 Å². The van der Waals surface area contributed by atoms with Gasteiger partial charge >= 0.3 is 0 Å². The maximum Gasteiger partial charge on any atom is 0.290 e. The van der Waals surface area contributed by atoms with Gasteiger partial charge in [0.2, 0.25) is 0 Å². The predicted molar refractivity (Wildman–Crippen MR) is 70.5 cm³/mol. The number of rotatable bonds is 2. The summed E-state index contributed by atoms with van der Waals surface area (Å²) in [5, 5.41) is 4.60. The molecule has 1 fully saturated rings. The highest BCUT2D eigenvalue weighted by molar-refractivity contribution is 8.18. The molecule has 0 aliphatic carbocycles. The van der Waals surface area contributed by atoms with Gasteiger partial charge in [-0.2, -0.15) is 0 Å². The zero-order valence-corrected chi connectivity index (χ0v) is 10.6. The molecular weight excluding hydrogens is 270 g/mol. The van der Waals surface area contributed by atoms with Crippen molar-refractivity contribution in [1.82, 2.24) is 14.9 Å². The maximum atomic E-state index is 11.5. The third kappa shape index (κ3) is 1.98. The van der Waals surface area contributed by atoms with Gasteiger partial charge in [-0.05, 0) is 30.0 Å². The van der Waals surface area contributed by atoms with Gasteiger partial charge < -0.3 is 0 Å². The first kappa shape index (κ1) is 11.2. The summed E-state index contributed by atoms with van der Waals surface area (Å²) in [5.74, 6) is -0.350. The van der Waals surface area contributed by atoms with E-state index in [9.17, 15) is 9.59 Å². The minimum absolute atomic E-state index is 0.335. The highest BCUT2D eigenvalue weighted by atomic mass is 32.2. The standard InChI is InChI=1S/C11H7N3O2S2/c15-9-8(18-11(16)13-9)6-7-2-1-4-14(7)10-12-3-5-17-10/h1-6H,(H,13,15,16). The molecule has 0 bridgehead atoms. The summed E-state index contributed by atoms with van der Waals surface area (Å²) in [5.41, 5.74) is 0.817. The van der Waals surface area contributed by atoms with Crippen molar-refractivity contribution in [3.05, 3.63) is 40.5 Å². The largest absolute Gasteiger partial charge is 0.293 e. The van der Waals surface area contributed by atoms with Gasteiger partial charge in [0, 0.05) is 23.5 Å². The van der Waals surface area contributed by atoms with Gasteiger partial charge in [-0.3, -0.25) is 19.5 Å². The van der Waals surface area contributed by atoms with E-state index in [1.807, 2.05) is 28.3 Å². The molecule has 0 unspecified atom stereocenters. The van der Waals surface area contributed by atoms with Crippen molar-refractivity contribution in [3.63, 3.8) is 0 Å². The van der Waals surface area contributed by atoms with Gasteiger partial charge in [-0.15, -0.1) is 11.3 Å². The maximum absolute atomic E-state index is 11.5. The fourth-order valence-corrected chi connectivity index (χ4v) is 2.89. The number of thiazole rings is 1. The van der Waals surface area contributed by atoms with E-state index in [1.165, 1.54) is 11.3 Å². The molecule has 1 N–H and O–H groups in total. The Morgan fingerprint density at radius 2 is 2.28 bits per heavy atom. The normalized spacial score (nSPS) is 17.4. The number of nitrogens with one attached hydrogen (secondary N) is 1. The Balaban J connectivity index is 2.00. The number of imide groups is 1. The molecule has 2 amide bonds. The first-order valence-corrected chi connectivity index (χ1v) is 6.76. The molecule has 0 spiro atoms. The lowest BCUT2D eigenvalue weighted by atomic mass is 10.3. The van der Waals surface area contributed by atoms with Crippen LogP contribution in [0.4, 0.5) is 4.79 Å². The topological polar surface area (TPSA) is 64.0 Å². The van der Waals surface area contributed by atoms with Crippen LogP contribution >= 0.6 is 23.1 Å². The summed E-state index contributed by atoms with van der Waals surface area (Å²) in [6.07, 6.45) is 5.27. The Bertz CT molecular complexity index is 643. The Labute approximate surface area is 111 Å². The van der Waals surface area contributed by atoms with Crippen molar-refractivity contribution in [2.45, 2.75) is 0 Å². The third-order valence-corrected chi connectivity index (χ3v) is 3.91. The van der Waals surface area contributed by atoms with Crippen molar-refractivity contribution in [2.24, 2.45) is 0 Å². The molecule has 0 atom stereocenters. The molecule has 7 heteroatoms. The van der Waals surface area contributed by atoms with Crippen molar-refractivity contribution >= 4 is 40.3 Å². The van der Waals surface area contributed by atoms with Crippen molar-refractivity contribution in [2.75, 3.05) is 0 Å². The fourth-order valence-electron chi connectivity index (χ4n) is 1.58. The van der Waals surface area contributed by atoms with Gasteiger partial charge in [0.25, 0.3) is 11.1 Å². The third-order valence-electron chi connectivity index (χ3n) is 2.33. The molecule has 1 saturated heterocycles. The molecule has 5 nitrogen and oxygen atoms in total. The predicted octanol–water partition coefficient (Wildman–Crippen LogP) is 2.26. The quantitative estimate of drug-likeness (QED) is 0.855. The molecule has 1 aliphatic heterocycles. The van der Waals surface area contributed by atoms with Crippen molar-refractivity contribution < 1.29 is 9.59 Å². The average Bonchev–Trinajstić information content (AvgIpc) is 3.01. The Kier molecular flexibility index (Phi) is 2.77. The van der Waals surface area contributed by atoms with Crippen LogP contribution in [0.3, 0.4) is 0 Å². The van der Waals surface area contributed by atoms with E-state index in [-0.39, 0.29) is 11.1 Å². The van der Waals surface area contributed by atoms with E-state index >= 15 is 0 Å². The number of hydrogen-bond donors (Lipinski definition) is 1. The van der Waals surface area contributed by atoms with E-state index in [2.05, 4.69) is 10.3 Å². The van der Waals surface area contributed by atoms with Crippen LogP contribution in [0.15, 0.2) is 34.8 Å². The minimum atomic E-state index is -0.350. The first-order valence-electron chi connectivity index (χ1n) is 5.06. The highest BCUT2D eigenvalue weighted by Gasteiger charge is 2.25. The van der Waals surface area contributed by atoms with Crippen molar-refractivity contribution in [3.8, 4) is 5.13 Å². The zero-order valence-electron chi connectivity index (χ0n) is 8.99. The number of nitrogens with zero attached hydrogens (tertiary/aromatic N) is 2. The second-order valence-corrected chi connectivity index (χ2v) is 5.36. The van der Waals surface area contributed by atoms with Crippen LogP contribution in [0.2, 0.25) is 0 Å². The molecule has 2 aromatic rings. The minimum Gasteiger partial charge on any atom is -0.293 e. The lowest BCUT2D eigenvalue weighted by Gasteiger charge is -2.01. The van der Waals surface area contributed by atoms with Crippen LogP contribution in [0, 0.1) is 0 Å². The summed E-state index contributed by atoms with van der Waals surface area (Å²) in [6, 6.07) is 3.73. The van der Waals surface area contributed by atoms with Crippen molar-refractivity contribution in [1.29, 1.82) is 0 Å². The molecule has 0 saturated carbocycles. The molecule has 90 valence electrons. The first-order chi connectivity index (χ1) is 8.74. The summed E-state index contributed by atoms with van der Waals surface area (Å²) in [7, 11) is 0. The summed E-state index contributed by atoms with van der Waals surface area (Å²) >= 11 is 2.41. The summed E-state index contributed by atoms with van der Waals surface area (Å²) < 4.78 is 1.87. The van der Waals surface area contributed by atoms with E-state index in [1.54, 1.807) is 12.3 Å². The molecule has 2 aromatic heterocycles. The summed E-state index contributed by atoms with van der Waals surface area (Å²) in [4.78, 5) is 27.1. The lowest BCUT2D eigenvalue weighted by molar-refractivity contribution is -0.115. The zero-order chi connectivity index (χ0) is 12.5. The molecule has 0 aromatic carbocycles. The molecule has 3 heterocycles. The Morgan fingerprint density at radius 3 is 2.94 bits per heavy atom. The molecule has 18 heavy (non-hydrogen) atoms. The van der Waals surface area contributed by atoms with E-state index < -0.39 is 0 Å². The Hall–Kier alpha value is -1.86. The van der Waals surface area contributed by atoms with Crippen LogP contribution in [0.5, 0.6) is 0 Å². The van der Waals surface area contributed by atoms with E-state index in [0.29, 0.717) is 4.91 Å². The second-order valence-electron chi connectivity index (χ2n) is 3.47. The smallest absolute Gasteiger partial charge is 0.290 e. The highest BCUT2D eigenvalue weighted by Crippen LogP contribution is 2.26. The second kappa shape index (κ2) is 4.43. The van der Waals surface area contributed by atoms with E-state index in [4.69, 9.17) is 0 Å². The van der Waals surface area contributed by atoms with Crippen LogP contribution in [0.25, 0.3) is 11.2 Å². The summed E-state index contributed by atoms with van der Waals surface area (Å²) in [6.45, 7) is 0. The van der Waals surface area contributed by atoms with Crippen LogP contribution in [-0.4, -0.2) is 20.7 Å². The average molecular weight is 277 g/mol. The molecule has 0 radical (unpaired) electrons. The number of carbonyl (C=O) groups excluding carboxylic acids is 2. The number of thioether (sulfide) groups is 1. The number of amides is 2. The molecular formula is C11H7N3O2S2. The number of carbonyl (C=O) groups is 2. The van der Waals surface area contributed by atoms with Crippen LogP contribution in [-0.2, 0) is 4.79 Å². The molecule has 1 aliphatic rings. The van der Waals surface area contributed by atoms with Gasteiger partial charge in [0.15, 0.2) is 5.13 Å². The fraction of sp³-hybridized carbons (Fsp3) is 0. The molecule has 3 rings (SSSR count). The number of aromatic nitrogens is 2. The van der Waals surface area contributed by atoms with Gasteiger partial charge in [0.1, 0.15) is 0 Å². The SMILES string of the molecule is O=C1NC(=O)C(=Cc2cccn2-c2nccs2)S1. The van der Waals surface area contributed by atoms with Gasteiger partial charge in [-0.1, -0.05) is 0 Å².